The summed E-state index contributed by atoms with van der Waals surface area (Å²) >= 11 is 1.26. The summed E-state index contributed by atoms with van der Waals surface area (Å²) < 4.78 is 5.45. The first-order valence-corrected chi connectivity index (χ1v) is 11.3. The van der Waals surface area contributed by atoms with Gasteiger partial charge in [-0.2, -0.15) is 5.26 Å². The van der Waals surface area contributed by atoms with Crippen molar-refractivity contribution < 1.29 is 9.84 Å². The Balaban J connectivity index is 1.38. The lowest BCUT2D eigenvalue weighted by atomic mass is 9.92. The summed E-state index contributed by atoms with van der Waals surface area (Å²) in [7, 11) is 0. The fourth-order valence-corrected chi connectivity index (χ4v) is 5.14. The van der Waals surface area contributed by atoms with Crippen LogP contribution in [0.4, 0.5) is 11.5 Å². The highest BCUT2D eigenvalue weighted by atomic mass is 32.1. The zero-order valence-electron chi connectivity index (χ0n) is 17.0. The number of anilines is 2. The van der Waals surface area contributed by atoms with E-state index in [4.69, 9.17) is 10.00 Å². The summed E-state index contributed by atoms with van der Waals surface area (Å²) in [5, 5.41) is 34.1. The molecule has 2 atom stereocenters. The molecule has 2 aliphatic heterocycles. The molecule has 5 rings (SSSR count). The molecule has 2 fully saturated rings. The maximum atomic E-state index is 10.9. The lowest BCUT2D eigenvalue weighted by Crippen LogP contribution is -2.38. The third-order valence-electron chi connectivity index (χ3n) is 5.98. The molecular weight excluding hydrogens is 414 g/mol. The third-order valence-corrected chi connectivity index (χ3v) is 6.95. The molecule has 2 aromatic heterocycles. The van der Waals surface area contributed by atoms with Gasteiger partial charge in [0.2, 0.25) is 0 Å². The summed E-state index contributed by atoms with van der Waals surface area (Å²) in [6.07, 6.45) is 2.67. The van der Waals surface area contributed by atoms with E-state index < -0.39 is 6.10 Å². The largest absolute Gasteiger partial charge is 0.386 e. The second-order valence-electron chi connectivity index (χ2n) is 7.88. The number of morpholine rings is 1. The van der Waals surface area contributed by atoms with Gasteiger partial charge in [0, 0.05) is 43.2 Å². The molecule has 0 amide bonds. The summed E-state index contributed by atoms with van der Waals surface area (Å²) in [6.45, 7) is 4.71. The van der Waals surface area contributed by atoms with Crippen LogP contribution < -0.4 is 9.80 Å². The second-order valence-corrected chi connectivity index (χ2v) is 8.94. The number of aliphatic hydroxyl groups excluding tert-OH is 1. The Kier molecular flexibility index (Phi) is 5.63. The minimum atomic E-state index is -0.691. The molecule has 31 heavy (non-hydrogen) atoms. The van der Waals surface area contributed by atoms with E-state index in [1.54, 1.807) is 0 Å². The molecule has 2 saturated heterocycles. The maximum absolute atomic E-state index is 10.9. The first-order valence-electron chi connectivity index (χ1n) is 10.5. The number of nitrogens with zero attached hydrogens (tertiary/aromatic N) is 7. The van der Waals surface area contributed by atoms with Crippen LogP contribution in [0.25, 0.3) is 10.9 Å². The van der Waals surface area contributed by atoms with E-state index in [1.807, 2.05) is 0 Å². The van der Waals surface area contributed by atoms with Crippen LogP contribution in [0.3, 0.4) is 0 Å². The van der Waals surface area contributed by atoms with Gasteiger partial charge in [0.1, 0.15) is 27.6 Å². The van der Waals surface area contributed by atoms with Gasteiger partial charge >= 0.3 is 0 Å². The predicted molar refractivity (Wildman–Crippen MR) is 117 cm³/mol. The number of hydrogen-bond acceptors (Lipinski definition) is 10. The Morgan fingerprint density at radius 3 is 2.87 bits per heavy atom. The van der Waals surface area contributed by atoms with Gasteiger partial charge in [-0.05, 0) is 36.3 Å². The molecular formula is C21H23N7O2S. The molecule has 9 nitrogen and oxygen atoms in total. The van der Waals surface area contributed by atoms with Crippen molar-refractivity contribution >= 4 is 33.7 Å². The van der Waals surface area contributed by atoms with Crippen LogP contribution in [0, 0.1) is 17.2 Å². The Bertz CT molecular complexity index is 1110. The summed E-state index contributed by atoms with van der Waals surface area (Å²) in [5.74, 6) is 0.816. The minimum absolute atomic E-state index is 0.0177. The number of aliphatic hydroxyl groups is 1. The summed E-state index contributed by atoms with van der Waals surface area (Å²) in [4.78, 5) is 9.23. The number of thiazole rings is 1. The summed E-state index contributed by atoms with van der Waals surface area (Å²) in [5.41, 5.74) is 1.93. The van der Waals surface area contributed by atoms with E-state index in [0.717, 1.165) is 68.1 Å². The monoisotopic (exact) mass is 437 g/mol. The van der Waals surface area contributed by atoms with Crippen molar-refractivity contribution in [3.63, 3.8) is 0 Å². The first-order chi connectivity index (χ1) is 15.2. The van der Waals surface area contributed by atoms with Crippen LogP contribution in [-0.4, -0.2) is 64.9 Å². The Morgan fingerprint density at radius 1 is 1.19 bits per heavy atom. The Hall–Kier alpha value is -2.87. The van der Waals surface area contributed by atoms with Crippen molar-refractivity contribution in [1.82, 2.24) is 20.4 Å². The van der Waals surface area contributed by atoms with Crippen LogP contribution in [-0.2, 0) is 4.74 Å². The highest BCUT2D eigenvalue weighted by Crippen LogP contribution is 2.35. The fourth-order valence-electron chi connectivity index (χ4n) is 4.35. The van der Waals surface area contributed by atoms with Crippen LogP contribution in [0.5, 0.6) is 0 Å². The Labute approximate surface area is 183 Å². The SMILES string of the molecule is N#Cc1cnc([C@@H](O)[C@H]2CCCN(c3nnnc4cc(N5CCOCC5)ccc34)C2)s1. The normalized spacial score (nSPS) is 20.6. The maximum Gasteiger partial charge on any atom is 0.162 e. The molecule has 1 aromatic carbocycles. The topological polar surface area (TPSA) is 111 Å². The number of ether oxygens (including phenoxy) is 1. The van der Waals surface area contributed by atoms with Gasteiger partial charge in [-0.3, -0.25) is 0 Å². The lowest BCUT2D eigenvalue weighted by molar-refractivity contribution is 0.0977. The van der Waals surface area contributed by atoms with Gasteiger partial charge in [-0.15, -0.1) is 21.5 Å². The number of fused-ring (bicyclic) bond motifs is 1. The van der Waals surface area contributed by atoms with Crippen LogP contribution in [0.15, 0.2) is 24.4 Å². The van der Waals surface area contributed by atoms with Crippen LogP contribution >= 0.6 is 11.3 Å². The molecule has 2 aliphatic rings. The van der Waals surface area contributed by atoms with Crippen molar-refractivity contribution in [2.24, 2.45) is 5.92 Å². The zero-order chi connectivity index (χ0) is 21.2. The van der Waals surface area contributed by atoms with E-state index in [0.29, 0.717) is 16.4 Å². The Morgan fingerprint density at radius 2 is 2.06 bits per heavy atom. The van der Waals surface area contributed by atoms with E-state index in [2.05, 4.69) is 54.5 Å². The van der Waals surface area contributed by atoms with E-state index in [-0.39, 0.29) is 5.92 Å². The molecule has 0 unspecified atom stereocenters. The van der Waals surface area contributed by atoms with Gasteiger partial charge in [-0.1, -0.05) is 0 Å². The van der Waals surface area contributed by atoms with Crippen molar-refractivity contribution in [3.8, 4) is 6.07 Å². The van der Waals surface area contributed by atoms with Crippen molar-refractivity contribution in [1.29, 1.82) is 5.26 Å². The molecule has 160 valence electrons. The third kappa shape index (κ3) is 4.04. The number of rotatable bonds is 4. The van der Waals surface area contributed by atoms with Gasteiger partial charge in [0.15, 0.2) is 5.82 Å². The summed E-state index contributed by atoms with van der Waals surface area (Å²) in [6, 6.07) is 8.32. The number of benzene rings is 1. The molecule has 10 heteroatoms. The molecule has 0 saturated carbocycles. The molecule has 4 heterocycles. The fraction of sp³-hybridized carbons (Fsp3) is 0.476. The number of hydrogen-bond donors (Lipinski definition) is 1. The molecule has 1 N–H and O–H groups in total. The number of nitriles is 1. The number of piperidine rings is 1. The van der Waals surface area contributed by atoms with Gasteiger partial charge in [-0.25, -0.2) is 4.98 Å². The van der Waals surface area contributed by atoms with Gasteiger partial charge < -0.3 is 19.6 Å². The highest BCUT2D eigenvalue weighted by molar-refractivity contribution is 7.12. The molecule has 0 radical (unpaired) electrons. The molecule has 0 bridgehead atoms. The average Bonchev–Trinajstić information content (AvgIpc) is 3.33. The van der Waals surface area contributed by atoms with Crippen LogP contribution in [0.2, 0.25) is 0 Å². The predicted octanol–water partition coefficient (Wildman–Crippen LogP) is 2.14. The van der Waals surface area contributed by atoms with Gasteiger partial charge in [0.05, 0.1) is 19.4 Å². The average molecular weight is 438 g/mol. The molecule has 3 aromatic rings. The van der Waals surface area contributed by atoms with Crippen molar-refractivity contribution in [3.05, 3.63) is 34.3 Å². The molecule has 0 spiro atoms. The highest BCUT2D eigenvalue weighted by Gasteiger charge is 2.30. The lowest BCUT2D eigenvalue weighted by Gasteiger charge is -2.35. The van der Waals surface area contributed by atoms with E-state index in [1.165, 1.54) is 17.5 Å². The molecule has 0 aliphatic carbocycles. The zero-order valence-corrected chi connectivity index (χ0v) is 17.8. The van der Waals surface area contributed by atoms with Crippen molar-refractivity contribution in [2.45, 2.75) is 18.9 Å². The smallest absolute Gasteiger partial charge is 0.162 e. The van der Waals surface area contributed by atoms with E-state index >= 15 is 0 Å². The standard InChI is InChI=1S/C21H23N7O2S/c22-11-16-12-23-21(31-16)19(29)14-2-1-5-28(13-14)20-17-4-3-15(10-18(17)24-26-25-20)27-6-8-30-9-7-27/h3-4,10,12,14,19,29H,1-2,5-9,13H2/t14-,19-/m0/s1. The van der Waals surface area contributed by atoms with Crippen molar-refractivity contribution in [2.75, 3.05) is 49.2 Å². The number of aromatic nitrogens is 4. The minimum Gasteiger partial charge on any atom is -0.386 e. The van der Waals surface area contributed by atoms with E-state index in [9.17, 15) is 5.11 Å². The van der Waals surface area contributed by atoms with Crippen LogP contribution in [0.1, 0.15) is 28.8 Å². The first kappa shape index (κ1) is 20.1. The quantitative estimate of drug-likeness (QED) is 0.656. The second kappa shape index (κ2) is 8.70. The van der Waals surface area contributed by atoms with Gasteiger partial charge in [0.25, 0.3) is 0 Å².